The molecule has 0 radical (unpaired) electrons. The van der Waals surface area contributed by atoms with E-state index >= 15 is 0 Å². The molecule has 0 saturated heterocycles. The molecule has 1 aromatic heterocycles. The normalized spacial score (nSPS) is 17.9. The molecule has 0 bridgehead atoms. The van der Waals surface area contributed by atoms with Crippen LogP contribution in [0, 0.1) is 17.2 Å². The number of fused-ring (bicyclic) bond motifs is 1. The Morgan fingerprint density at radius 1 is 1.11 bits per heavy atom. The van der Waals surface area contributed by atoms with Gasteiger partial charge >= 0.3 is 0 Å². The second kappa shape index (κ2) is 7.18. The summed E-state index contributed by atoms with van der Waals surface area (Å²) >= 11 is 6.08. The van der Waals surface area contributed by atoms with Gasteiger partial charge in [0.2, 0.25) is 11.9 Å². The maximum atomic E-state index is 12.9. The Morgan fingerprint density at radius 3 is 2.61 bits per heavy atom. The lowest BCUT2D eigenvalue weighted by molar-refractivity contribution is -0.119. The molecular weight excluding hydrogens is 378 g/mol. The lowest BCUT2D eigenvalue weighted by Gasteiger charge is -2.28. The Hall–Kier alpha value is -3.63. The number of carbonyl (C=O) groups is 1. The molecule has 2 atom stereocenters. The first-order valence-electron chi connectivity index (χ1n) is 8.49. The number of H-pyrrole nitrogens is 1. The van der Waals surface area contributed by atoms with Crippen LogP contribution in [0.2, 0.25) is 5.02 Å². The number of carbonyl (C=O) groups excluding carboxylic acids is 1. The van der Waals surface area contributed by atoms with E-state index in [1.54, 1.807) is 24.3 Å². The third-order valence-corrected chi connectivity index (χ3v) is 4.74. The number of anilines is 3. The van der Waals surface area contributed by atoms with E-state index in [1.165, 1.54) is 0 Å². The van der Waals surface area contributed by atoms with Gasteiger partial charge in [0.15, 0.2) is 0 Å². The number of nitrogens with one attached hydrogen (secondary N) is 3. The highest BCUT2D eigenvalue weighted by Gasteiger charge is 2.40. The van der Waals surface area contributed by atoms with Crippen LogP contribution in [0.5, 0.6) is 0 Å². The Bertz CT molecular complexity index is 1150. The number of hydrogen-bond donors (Lipinski definition) is 3. The maximum Gasteiger partial charge on any atom is 0.258 e. The molecule has 138 valence electrons. The minimum Gasteiger partial charge on any atom is -0.326 e. The van der Waals surface area contributed by atoms with Crippen molar-refractivity contribution in [3.05, 3.63) is 81.1 Å². The number of aromatic amines is 1. The van der Waals surface area contributed by atoms with Gasteiger partial charge in [-0.2, -0.15) is 10.2 Å². The first kappa shape index (κ1) is 17.8. The summed E-state index contributed by atoms with van der Waals surface area (Å²) in [6.45, 7) is 0. The summed E-state index contributed by atoms with van der Waals surface area (Å²) in [5, 5.41) is 15.6. The van der Waals surface area contributed by atoms with Crippen molar-refractivity contribution in [1.29, 1.82) is 5.26 Å². The number of hydrogen-bond acceptors (Lipinski definition) is 5. The molecule has 28 heavy (non-hydrogen) atoms. The second-order valence-electron chi connectivity index (χ2n) is 6.30. The third kappa shape index (κ3) is 3.21. The van der Waals surface area contributed by atoms with E-state index < -0.39 is 23.3 Å². The molecular formula is C20H14ClN5O2. The van der Waals surface area contributed by atoms with Crippen molar-refractivity contribution >= 4 is 35.0 Å². The van der Waals surface area contributed by atoms with Gasteiger partial charge in [-0.25, -0.2) is 0 Å². The van der Waals surface area contributed by atoms with Crippen LogP contribution in [-0.2, 0) is 4.79 Å². The van der Waals surface area contributed by atoms with Crippen LogP contribution in [0.3, 0.4) is 0 Å². The summed E-state index contributed by atoms with van der Waals surface area (Å²) < 4.78 is 0. The quantitative estimate of drug-likeness (QED) is 0.633. The number of rotatable bonds is 3. The van der Waals surface area contributed by atoms with Gasteiger partial charge in [-0.05, 0) is 29.8 Å². The average molecular weight is 392 g/mol. The van der Waals surface area contributed by atoms with Gasteiger partial charge < -0.3 is 10.6 Å². The number of nitrogens with zero attached hydrogens (tertiary/aromatic N) is 2. The SMILES string of the molecule is N#C[C@@H]1C(=O)Nc2nc(Nc3ccccc3)[nH]c(=O)c2[C@@H]1c1cccc(Cl)c1. The maximum absolute atomic E-state index is 12.9. The van der Waals surface area contributed by atoms with Gasteiger partial charge in [-0.3, -0.25) is 14.6 Å². The molecule has 7 nitrogen and oxygen atoms in total. The second-order valence-corrected chi connectivity index (χ2v) is 6.73. The molecule has 3 N–H and O–H groups in total. The lowest BCUT2D eigenvalue weighted by Crippen LogP contribution is -2.38. The number of benzene rings is 2. The molecule has 0 spiro atoms. The molecule has 2 heterocycles. The van der Waals surface area contributed by atoms with E-state index in [4.69, 9.17) is 11.6 Å². The summed E-state index contributed by atoms with van der Waals surface area (Å²) in [6, 6.07) is 18.0. The molecule has 2 aromatic carbocycles. The zero-order valence-electron chi connectivity index (χ0n) is 14.4. The average Bonchev–Trinajstić information content (AvgIpc) is 2.67. The van der Waals surface area contributed by atoms with E-state index in [0.29, 0.717) is 10.6 Å². The summed E-state index contributed by atoms with van der Waals surface area (Å²) in [7, 11) is 0. The van der Waals surface area contributed by atoms with Gasteiger partial charge in [-0.1, -0.05) is 41.9 Å². The lowest BCUT2D eigenvalue weighted by atomic mass is 9.79. The molecule has 0 fully saturated rings. The monoisotopic (exact) mass is 391 g/mol. The Balaban J connectivity index is 1.83. The summed E-state index contributed by atoms with van der Waals surface area (Å²) in [6.07, 6.45) is 0. The van der Waals surface area contributed by atoms with Crippen LogP contribution in [0.1, 0.15) is 17.0 Å². The molecule has 1 aliphatic rings. The van der Waals surface area contributed by atoms with Crippen LogP contribution in [0.15, 0.2) is 59.4 Å². The minimum atomic E-state index is -1.07. The van der Waals surface area contributed by atoms with Crippen LogP contribution in [0.4, 0.5) is 17.5 Å². The topological polar surface area (TPSA) is 111 Å². The highest BCUT2D eigenvalue weighted by atomic mass is 35.5. The van der Waals surface area contributed by atoms with Gasteiger partial charge in [-0.15, -0.1) is 0 Å². The zero-order valence-corrected chi connectivity index (χ0v) is 15.2. The minimum absolute atomic E-state index is 0.128. The van der Waals surface area contributed by atoms with Crippen molar-refractivity contribution in [2.75, 3.05) is 10.6 Å². The zero-order chi connectivity index (χ0) is 19.7. The summed E-state index contributed by atoms with van der Waals surface area (Å²) in [5.74, 6) is -2.03. The first-order chi connectivity index (χ1) is 13.6. The largest absolute Gasteiger partial charge is 0.326 e. The summed E-state index contributed by atoms with van der Waals surface area (Å²) in [4.78, 5) is 32.4. The molecule has 0 saturated carbocycles. The van der Waals surface area contributed by atoms with E-state index in [2.05, 4.69) is 20.6 Å². The van der Waals surface area contributed by atoms with Gasteiger partial charge in [0.05, 0.1) is 11.6 Å². The fourth-order valence-electron chi connectivity index (χ4n) is 3.29. The van der Waals surface area contributed by atoms with Crippen molar-refractivity contribution in [2.24, 2.45) is 5.92 Å². The Labute approximate surface area is 165 Å². The highest BCUT2D eigenvalue weighted by molar-refractivity contribution is 6.30. The number of amides is 1. The molecule has 8 heteroatoms. The smallest absolute Gasteiger partial charge is 0.258 e. The van der Waals surface area contributed by atoms with E-state index in [0.717, 1.165) is 5.69 Å². The number of para-hydroxylation sites is 1. The predicted molar refractivity (Wildman–Crippen MR) is 106 cm³/mol. The van der Waals surface area contributed by atoms with Gasteiger partial charge in [0.25, 0.3) is 5.56 Å². The molecule has 0 unspecified atom stereocenters. The number of aromatic nitrogens is 2. The molecule has 0 aliphatic carbocycles. The highest BCUT2D eigenvalue weighted by Crippen LogP contribution is 2.38. The van der Waals surface area contributed by atoms with Crippen LogP contribution < -0.4 is 16.2 Å². The molecule has 4 rings (SSSR count). The van der Waals surface area contributed by atoms with E-state index in [1.807, 2.05) is 36.4 Å². The van der Waals surface area contributed by atoms with Gasteiger partial charge in [0.1, 0.15) is 11.7 Å². The fourth-order valence-corrected chi connectivity index (χ4v) is 3.49. The van der Waals surface area contributed by atoms with Crippen LogP contribution >= 0.6 is 11.6 Å². The third-order valence-electron chi connectivity index (χ3n) is 4.51. The predicted octanol–water partition coefficient (Wildman–Crippen LogP) is 3.39. The molecule has 1 aliphatic heterocycles. The van der Waals surface area contributed by atoms with Crippen molar-refractivity contribution in [2.45, 2.75) is 5.92 Å². The Kier molecular flexibility index (Phi) is 4.55. The molecule has 3 aromatic rings. The van der Waals surface area contributed by atoms with Crippen LogP contribution in [-0.4, -0.2) is 15.9 Å². The first-order valence-corrected chi connectivity index (χ1v) is 8.87. The van der Waals surface area contributed by atoms with Crippen molar-refractivity contribution in [3.8, 4) is 6.07 Å². The van der Waals surface area contributed by atoms with Crippen molar-refractivity contribution in [3.63, 3.8) is 0 Å². The van der Waals surface area contributed by atoms with E-state index in [-0.39, 0.29) is 17.3 Å². The fraction of sp³-hybridized carbons (Fsp3) is 0.100. The van der Waals surface area contributed by atoms with Crippen molar-refractivity contribution < 1.29 is 4.79 Å². The number of halogens is 1. The van der Waals surface area contributed by atoms with Crippen LogP contribution in [0.25, 0.3) is 0 Å². The molecule has 1 amide bonds. The number of nitriles is 1. The Morgan fingerprint density at radius 2 is 1.89 bits per heavy atom. The standard InChI is InChI=1S/C20H14ClN5O2/c21-12-6-4-5-11(9-12)15-14(10-22)18(27)24-17-16(15)19(28)26-20(25-17)23-13-7-2-1-3-8-13/h1-9,14-15H,(H3,23,24,25,26,27,28)/t14-,15+/m0/s1. The van der Waals surface area contributed by atoms with E-state index in [9.17, 15) is 14.9 Å². The van der Waals surface area contributed by atoms with Crippen molar-refractivity contribution in [1.82, 2.24) is 9.97 Å². The summed E-state index contributed by atoms with van der Waals surface area (Å²) in [5.41, 5.74) is 1.13. The van der Waals surface area contributed by atoms with Gasteiger partial charge in [0, 0.05) is 16.6 Å².